The molecule has 1 aromatic carbocycles. The van der Waals surface area contributed by atoms with E-state index in [0.29, 0.717) is 60.7 Å². The second kappa shape index (κ2) is 7.24. The molecule has 2 atom stereocenters. The first-order valence-corrected chi connectivity index (χ1v) is 9.89. The molecule has 150 valence electrons. The number of hydrogen-bond donors (Lipinski definition) is 0. The zero-order valence-corrected chi connectivity index (χ0v) is 16.2. The summed E-state index contributed by atoms with van der Waals surface area (Å²) in [4.78, 5) is 17.7. The van der Waals surface area contributed by atoms with Crippen LogP contribution in [0.2, 0.25) is 0 Å². The van der Waals surface area contributed by atoms with Gasteiger partial charge in [-0.25, -0.2) is 9.78 Å². The number of aryl methyl sites for hydroxylation is 1. The summed E-state index contributed by atoms with van der Waals surface area (Å²) >= 11 is 0. The number of aromatic nitrogens is 2. The van der Waals surface area contributed by atoms with Gasteiger partial charge < -0.3 is 18.7 Å². The van der Waals surface area contributed by atoms with Crippen LogP contribution in [0.1, 0.15) is 35.3 Å². The third kappa shape index (κ3) is 3.41. The summed E-state index contributed by atoms with van der Waals surface area (Å²) in [6, 6.07) is 11.4. The van der Waals surface area contributed by atoms with Gasteiger partial charge in [0.25, 0.3) is 5.71 Å². The molecule has 5 rings (SSSR count). The fourth-order valence-corrected chi connectivity index (χ4v) is 4.17. The third-order valence-electron chi connectivity index (χ3n) is 5.70. The number of carbonyl (C=O) groups excluding carboxylic acids is 1. The van der Waals surface area contributed by atoms with Crippen LogP contribution in [0.5, 0.6) is 0 Å². The molecule has 29 heavy (non-hydrogen) atoms. The van der Waals surface area contributed by atoms with E-state index in [4.69, 9.17) is 18.7 Å². The van der Waals surface area contributed by atoms with Crippen molar-refractivity contribution in [2.45, 2.75) is 37.9 Å². The normalized spacial score (nSPS) is 24.2. The Labute approximate surface area is 167 Å². The van der Waals surface area contributed by atoms with Gasteiger partial charge in [0, 0.05) is 31.4 Å². The quantitative estimate of drug-likeness (QED) is 0.626. The first-order chi connectivity index (χ1) is 14.1. The van der Waals surface area contributed by atoms with Crippen LogP contribution >= 0.6 is 0 Å². The van der Waals surface area contributed by atoms with Gasteiger partial charge in [-0.15, -0.1) is 0 Å². The van der Waals surface area contributed by atoms with Crippen molar-refractivity contribution in [2.24, 2.45) is 0 Å². The first-order valence-electron chi connectivity index (χ1n) is 9.89. The number of pyridine rings is 1. The Morgan fingerprint density at radius 1 is 1.24 bits per heavy atom. The monoisotopic (exact) mass is 394 g/mol. The molecule has 4 heterocycles. The lowest BCUT2D eigenvalue weighted by Gasteiger charge is -2.36. The summed E-state index contributed by atoms with van der Waals surface area (Å²) in [7, 11) is 0. The van der Waals surface area contributed by atoms with Crippen molar-refractivity contribution in [2.75, 3.05) is 19.8 Å². The highest BCUT2D eigenvalue weighted by Gasteiger charge is 2.42. The van der Waals surface area contributed by atoms with Crippen LogP contribution in [-0.4, -0.2) is 47.6 Å². The summed E-state index contributed by atoms with van der Waals surface area (Å²) in [5.74, 6) is -0.387. The molecule has 2 aliphatic heterocycles. The van der Waals surface area contributed by atoms with Crippen LogP contribution in [0.3, 0.4) is 0 Å². The van der Waals surface area contributed by atoms with Gasteiger partial charge >= 0.3 is 5.97 Å². The smallest absolute Gasteiger partial charge is 0.339 e. The zero-order valence-electron chi connectivity index (χ0n) is 16.2. The number of esters is 1. The molecule has 2 saturated heterocycles. The molecule has 0 amide bonds. The van der Waals surface area contributed by atoms with Crippen LogP contribution < -0.4 is 0 Å². The number of nitrogens with zero attached hydrogens (tertiary/aromatic N) is 2. The topological polar surface area (TPSA) is 83.7 Å². The fraction of sp³-hybridized carbons (Fsp3) is 0.409. The fourth-order valence-electron chi connectivity index (χ4n) is 4.17. The van der Waals surface area contributed by atoms with Gasteiger partial charge in [-0.05, 0) is 13.0 Å². The molecule has 2 aromatic heterocycles. The van der Waals surface area contributed by atoms with E-state index in [0.717, 1.165) is 12.0 Å². The van der Waals surface area contributed by atoms with Crippen LogP contribution in [0.15, 0.2) is 40.9 Å². The number of rotatable bonds is 3. The molecule has 0 bridgehead atoms. The van der Waals surface area contributed by atoms with E-state index in [2.05, 4.69) is 10.1 Å². The molecule has 3 aromatic rings. The van der Waals surface area contributed by atoms with Crippen LogP contribution in [0.25, 0.3) is 22.4 Å². The second-order valence-electron chi connectivity index (χ2n) is 7.72. The standard InChI is InChI=1S/C22H22N2O5/c1-14-19-17(11-18(23-20(19)29-24-14)15-5-3-2-4-6-15)21(25)28-16-7-9-27-22(12-16)8-10-26-13-22/h2-6,11,16H,7-10,12-13H2,1H3. The maximum atomic E-state index is 13.2. The molecule has 2 fully saturated rings. The Balaban J connectivity index is 1.47. The van der Waals surface area contributed by atoms with Gasteiger partial charge in [0.1, 0.15) is 6.10 Å². The lowest BCUT2D eigenvalue weighted by atomic mass is 9.91. The third-order valence-corrected chi connectivity index (χ3v) is 5.70. The lowest BCUT2D eigenvalue weighted by molar-refractivity contribution is -0.120. The highest BCUT2D eigenvalue weighted by Crippen LogP contribution is 2.35. The molecule has 2 aliphatic rings. The van der Waals surface area contributed by atoms with Crippen molar-refractivity contribution in [1.29, 1.82) is 0 Å². The maximum absolute atomic E-state index is 13.2. The largest absolute Gasteiger partial charge is 0.459 e. The summed E-state index contributed by atoms with van der Waals surface area (Å²) in [6.45, 7) is 3.61. The van der Waals surface area contributed by atoms with Crippen molar-refractivity contribution < 1.29 is 23.5 Å². The molecule has 7 heteroatoms. The second-order valence-corrected chi connectivity index (χ2v) is 7.72. The zero-order chi connectivity index (χ0) is 19.8. The number of fused-ring (bicyclic) bond motifs is 1. The van der Waals surface area contributed by atoms with E-state index in [1.165, 1.54) is 0 Å². The van der Waals surface area contributed by atoms with Crippen molar-refractivity contribution in [1.82, 2.24) is 10.1 Å². The molecule has 1 spiro atoms. The highest BCUT2D eigenvalue weighted by atomic mass is 16.6. The van der Waals surface area contributed by atoms with Gasteiger partial charge in [-0.1, -0.05) is 35.5 Å². The van der Waals surface area contributed by atoms with E-state index in [-0.39, 0.29) is 17.7 Å². The summed E-state index contributed by atoms with van der Waals surface area (Å²) in [6.07, 6.45) is 1.96. The lowest BCUT2D eigenvalue weighted by Crippen LogP contribution is -2.43. The number of hydrogen-bond acceptors (Lipinski definition) is 7. The summed E-state index contributed by atoms with van der Waals surface area (Å²) in [5.41, 5.74) is 2.60. The average molecular weight is 394 g/mol. The molecule has 2 unspecified atom stereocenters. The van der Waals surface area contributed by atoms with Crippen molar-refractivity contribution >= 4 is 17.1 Å². The summed E-state index contributed by atoms with van der Waals surface area (Å²) < 4.78 is 22.7. The van der Waals surface area contributed by atoms with Gasteiger partial charge in [-0.2, -0.15) is 0 Å². The Bertz CT molecular complexity index is 1040. The minimum atomic E-state index is -0.387. The Kier molecular flexibility index (Phi) is 4.56. The van der Waals surface area contributed by atoms with Crippen molar-refractivity contribution in [3.63, 3.8) is 0 Å². The Morgan fingerprint density at radius 2 is 2.10 bits per heavy atom. The van der Waals surface area contributed by atoms with Crippen LogP contribution in [0, 0.1) is 6.92 Å². The SMILES string of the molecule is Cc1noc2nc(-c3ccccc3)cc(C(=O)OC3CCOC4(CCOC4)C3)c12. The minimum Gasteiger partial charge on any atom is -0.459 e. The molecule has 0 N–H and O–H groups in total. The predicted octanol–water partition coefficient (Wildman–Crippen LogP) is 3.69. The molecule has 0 saturated carbocycles. The van der Waals surface area contributed by atoms with Gasteiger partial charge in [0.05, 0.1) is 41.2 Å². The molecule has 7 nitrogen and oxygen atoms in total. The van der Waals surface area contributed by atoms with E-state index in [9.17, 15) is 4.79 Å². The van der Waals surface area contributed by atoms with E-state index < -0.39 is 0 Å². The predicted molar refractivity (Wildman–Crippen MR) is 105 cm³/mol. The Hall–Kier alpha value is -2.77. The molecular weight excluding hydrogens is 372 g/mol. The van der Waals surface area contributed by atoms with Gasteiger partial charge in [0.2, 0.25) is 0 Å². The van der Waals surface area contributed by atoms with Gasteiger partial charge in [0.15, 0.2) is 0 Å². The highest BCUT2D eigenvalue weighted by molar-refractivity contribution is 6.04. The number of carbonyl (C=O) groups is 1. The number of ether oxygens (including phenoxy) is 3. The van der Waals surface area contributed by atoms with Crippen molar-refractivity contribution in [3.8, 4) is 11.3 Å². The molecule has 0 aliphatic carbocycles. The van der Waals surface area contributed by atoms with Gasteiger partial charge in [-0.3, -0.25) is 0 Å². The minimum absolute atomic E-state index is 0.207. The van der Waals surface area contributed by atoms with Crippen LogP contribution in [0.4, 0.5) is 0 Å². The average Bonchev–Trinajstić information content (AvgIpc) is 3.35. The summed E-state index contributed by atoms with van der Waals surface area (Å²) in [5, 5.41) is 4.59. The van der Waals surface area contributed by atoms with E-state index in [1.54, 1.807) is 13.0 Å². The molecule has 0 radical (unpaired) electrons. The van der Waals surface area contributed by atoms with Crippen molar-refractivity contribution in [3.05, 3.63) is 47.7 Å². The van der Waals surface area contributed by atoms with E-state index in [1.807, 2.05) is 30.3 Å². The maximum Gasteiger partial charge on any atom is 0.339 e. The first kappa shape index (κ1) is 18.3. The van der Waals surface area contributed by atoms with Crippen LogP contribution in [-0.2, 0) is 14.2 Å². The number of benzene rings is 1. The Morgan fingerprint density at radius 3 is 2.90 bits per heavy atom. The molecular formula is C22H22N2O5. The van der Waals surface area contributed by atoms with E-state index >= 15 is 0 Å².